The molecular formula is C12H23N3O2. The molecule has 0 saturated carbocycles. The molecule has 0 aromatic rings. The molecule has 0 unspecified atom stereocenters. The second kappa shape index (κ2) is 7.27. The van der Waals surface area contributed by atoms with Gasteiger partial charge in [0.15, 0.2) is 0 Å². The number of carbonyl (C=O) groups is 2. The topological polar surface area (TPSA) is 61.4 Å². The summed E-state index contributed by atoms with van der Waals surface area (Å²) in [5, 5.41) is 5.68. The van der Waals surface area contributed by atoms with E-state index in [0.717, 1.165) is 25.9 Å². The van der Waals surface area contributed by atoms with Gasteiger partial charge in [0.25, 0.3) is 0 Å². The summed E-state index contributed by atoms with van der Waals surface area (Å²) in [4.78, 5) is 24.8. The Bertz CT molecular complexity index is 260. The maximum Gasteiger partial charge on any atom is 0.236 e. The number of likely N-dealkylation sites (tertiary alicyclic amines) is 1. The molecule has 2 N–H and O–H groups in total. The van der Waals surface area contributed by atoms with Crippen LogP contribution in [0.15, 0.2) is 0 Å². The zero-order valence-corrected chi connectivity index (χ0v) is 10.8. The van der Waals surface area contributed by atoms with Crippen LogP contribution in [0.3, 0.4) is 0 Å². The molecule has 17 heavy (non-hydrogen) atoms. The molecule has 5 nitrogen and oxygen atoms in total. The lowest BCUT2D eigenvalue weighted by atomic mass is 10.2. The van der Waals surface area contributed by atoms with Gasteiger partial charge in [-0.25, -0.2) is 0 Å². The van der Waals surface area contributed by atoms with E-state index in [1.807, 2.05) is 18.7 Å². The van der Waals surface area contributed by atoms with Gasteiger partial charge in [-0.15, -0.1) is 0 Å². The predicted octanol–water partition coefficient (Wildman–Crippen LogP) is -0.0294. The Labute approximate surface area is 103 Å². The fraction of sp³-hybridized carbons (Fsp3) is 0.833. The van der Waals surface area contributed by atoms with Gasteiger partial charge in [0.1, 0.15) is 0 Å². The van der Waals surface area contributed by atoms with E-state index < -0.39 is 0 Å². The van der Waals surface area contributed by atoms with Crippen molar-refractivity contribution in [3.8, 4) is 0 Å². The summed E-state index contributed by atoms with van der Waals surface area (Å²) in [5.74, 6) is 0.497. The number of hydrogen-bond donors (Lipinski definition) is 2. The molecule has 2 amide bonds. The third-order valence-corrected chi connectivity index (χ3v) is 2.73. The van der Waals surface area contributed by atoms with Gasteiger partial charge in [-0.3, -0.25) is 14.9 Å². The average molecular weight is 241 g/mol. The molecule has 0 aromatic heterocycles. The Morgan fingerprint density at radius 1 is 1.18 bits per heavy atom. The van der Waals surface area contributed by atoms with Crippen molar-refractivity contribution in [3.05, 3.63) is 0 Å². The first kappa shape index (κ1) is 14.0. The number of rotatable bonds is 6. The van der Waals surface area contributed by atoms with E-state index in [0.29, 0.717) is 12.5 Å². The third-order valence-electron chi connectivity index (χ3n) is 2.73. The van der Waals surface area contributed by atoms with Crippen LogP contribution >= 0.6 is 0 Å². The normalized spacial score (nSPS) is 15.4. The maximum absolute atomic E-state index is 11.6. The van der Waals surface area contributed by atoms with E-state index in [4.69, 9.17) is 0 Å². The fourth-order valence-corrected chi connectivity index (χ4v) is 1.74. The van der Waals surface area contributed by atoms with Gasteiger partial charge in [0.2, 0.25) is 11.8 Å². The number of nitrogens with one attached hydrogen (secondary N) is 2. The molecule has 1 rings (SSSR count). The van der Waals surface area contributed by atoms with Crippen LogP contribution in [-0.4, -0.2) is 49.4 Å². The van der Waals surface area contributed by atoms with Gasteiger partial charge in [0, 0.05) is 19.6 Å². The highest BCUT2D eigenvalue weighted by Crippen LogP contribution is 2.06. The second-order valence-corrected chi connectivity index (χ2v) is 4.89. The van der Waals surface area contributed by atoms with Crippen molar-refractivity contribution < 1.29 is 9.59 Å². The Morgan fingerprint density at radius 3 is 2.41 bits per heavy atom. The summed E-state index contributed by atoms with van der Waals surface area (Å²) < 4.78 is 0. The molecule has 1 heterocycles. The van der Waals surface area contributed by atoms with E-state index >= 15 is 0 Å². The van der Waals surface area contributed by atoms with Crippen LogP contribution in [0.2, 0.25) is 0 Å². The molecule has 0 bridgehead atoms. The van der Waals surface area contributed by atoms with Crippen LogP contribution in [0.1, 0.15) is 26.7 Å². The van der Waals surface area contributed by atoms with Crippen LogP contribution in [0.5, 0.6) is 0 Å². The van der Waals surface area contributed by atoms with Crippen LogP contribution in [0, 0.1) is 5.92 Å². The van der Waals surface area contributed by atoms with Gasteiger partial charge in [0.05, 0.1) is 13.1 Å². The predicted molar refractivity (Wildman–Crippen MR) is 66.5 cm³/mol. The molecule has 0 spiro atoms. The minimum Gasteiger partial charge on any atom is -0.355 e. The molecule has 0 aliphatic carbocycles. The molecule has 98 valence electrons. The SMILES string of the molecule is CC(C)CNC(=O)CNCC(=O)N1CCCC1. The number of carbonyl (C=O) groups excluding carboxylic acids is 2. The van der Waals surface area contributed by atoms with Crippen LogP contribution < -0.4 is 10.6 Å². The Kier molecular flexibility index (Phi) is 5.97. The smallest absolute Gasteiger partial charge is 0.236 e. The Hall–Kier alpha value is -1.10. The van der Waals surface area contributed by atoms with Crippen LogP contribution in [0.25, 0.3) is 0 Å². The molecular weight excluding hydrogens is 218 g/mol. The van der Waals surface area contributed by atoms with Gasteiger partial charge in [-0.2, -0.15) is 0 Å². The van der Waals surface area contributed by atoms with E-state index in [1.54, 1.807) is 0 Å². The largest absolute Gasteiger partial charge is 0.355 e. The minimum absolute atomic E-state index is 0.0482. The lowest BCUT2D eigenvalue weighted by Gasteiger charge is -2.15. The molecule has 1 saturated heterocycles. The second-order valence-electron chi connectivity index (χ2n) is 4.89. The monoisotopic (exact) mass is 241 g/mol. The summed E-state index contributed by atoms with van der Waals surface area (Å²) in [7, 11) is 0. The molecule has 0 radical (unpaired) electrons. The van der Waals surface area contributed by atoms with Crippen molar-refractivity contribution in [1.82, 2.24) is 15.5 Å². The molecule has 1 aliphatic rings. The standard InChI is InChI=1S/C12H23N3O2/c1-10(2)7-14-11(16)8-13-9-12(17)15-5-3-4-6-15/h10,13H,3-9H2,1-2H3,(H,14,16). The zero-order valence-electron chi connectivity index (χ0n) is 10.8. The van der Waals surface area contributed by atoms with E-state index in [9.17, 15) is 9.59 Å². The van der Waals surface area contributed by atoms with Crippen molar-refractivity contribution in [1.29, 1.82) is 0 Å². The van der Waals surface area contributed by atoms with Crippen molar-refractivity contribution in [2.24, 2.45) is 5.92 Å². The van der Waals surface area contributed by atoms with Crippen molar-refractivity contribution >= 4 is 11.8 Å². The van der Waals surface area contributed by atoms with Gasteiger partial charge in [-0.05, 0) is 18.8 Å². The third kappa shape index (κ3) is 5.68. The lowest BCUT2D eigenvalue weighted by molar-refractivity contribution is -0.129. The highest BCUT2D eigenvalue weighted by molar-refractivity contribution is 5.81. The summed E-state index contributed by atoms with van der Waals surface area (Å²) >= 11 is 0. The highest BCUT2D eigenvalue weighted by Gasteiger charge is 2.17. The van der Waals surface area contributed by atoms with Gasteiger partial charge >= 0.3 is 0 Å². The molecule has 1 fully saturated rings. The Balaban J connectivity index is 2.06. The zero-order chi connectivity index (χ0) is 12.7. The fourth-order valence-electron chi connectivity index (χ4n) is 1.74. The number of hydrogen-bond acceptors (Lipinski definition) is 3. The highest BCUT2D eigenvalue weighted by atomic mass is 16.2. The Morgan fingerprint density at radius 2 is 1.82 bits per heavy atom. The average Bonchev–Trinajstić information content (AvgIpc) is 2.79. The number of amides is 2. The number of nitrogens with zero attached hydrogens (tertiary/aromatic N) is 1. The van der Waals surface area contributed by atoms with Crippen LogP contribution in [-0.2, 0) is 9.59 Å². The maximum atomic E-state index is 11.6. The van der Waals surface area contributed by atoms with Crippen molar-refractivity contribution in [2.75, 3.05) is 32.7 Å². The van der Waals surface area contributed by atoms with E-state index in [1.165, 1.54) is 0 Å². The van der Waals surface area contributed by atoms with Gasteiger partial charge < -0.3 is 10.2 Å². The van der Waals surface area contributed by atoms with E-state index in [-0.39, 0.29) is 24.9 Å². The lowest BCUT2D eigenvalue weighted by Crippen LogP contribution is -2.41. The summed E-state index contributed by atoms with van der Waals surface area (Å²) in [5.41, 5.74) is 0. The summed E-state index contributed by atoms with van der Waals surface area (Å²) in [6.45, 7) is 6.97. The van der Waals surface area contributed by atoms with Crippen LogP contribution in [0.4, 0.5) is 0 Å². The van der Waals surface area contributed by atoms with Crippen molar-refractivity contribution in [3.63, 3.8) is 0 Å². The molecule has 1 aliphatic heterocycles. The van der Waals surface area contributed by atoms with E-state index in [2.05, 4.69) is 10.6 Å². The summed E-state index contributed by atoms with van der Waals surface area (Å²) in [6.07, 6.45) is 2.20. The first-order valence-electron chi connectivity index (χ1n) is 6.35. The first-order valence-corrected chi connectivity index (χ1v) is 6.35. The quantitative estimate of drug-likeness (QED) is 0.686. The molecule has 0 aromatic carbocycles. The van der Waals surface area contributed by atoms with Crippen molar-refractivity contribution in [2.45, 2.75) is 26.7 Å². The van der Waals surface area contributed by atoms with Gasteiger partial charge in [-0.1, -0.05) is 13.8 Å². The molecule has 0 atom stereocenters. The first-order chi connectivity index (χ1) is 8.09. The summed E-state index contributed by atoms with van der Waals surface area (Å²) in [6, 6.07) is 0. The minimum atomic E-state index is -0.0482. The molecule has 5 heteroatoms.